The van der Waals surface area contributed by atoms with E-state index in [0.717, 1.165) is 25.9 Å². The molecule has 1 aliphatic carbocycles. The normalized spacial score (nSPS) is 22.1. The summed E-state index contributed by atoms with van der Waals surface area (Å²) in [6.07, 6.45) is 4.84. The van der Waals surface area contributed by atoms with Gasteiger partial charge in [0.15, 0.2) is 0 Å². The summed E-state index contributed by atoms with van der Waals surface area (Å²) in [4.78, 5) is 17.3. The average molecular weight is 379 g/mol. The lowest BCUT2D eigenvalue weighted by Gasteiger charge is -2.44. The van der Waals surface area contributed by atoms with Crippen LogP contribution in [0.3, 0.4) is 0 Å². The second-order valence-electron chi connectivity index (χ2n) is 8.04. The number of ether oxygens (including phenoxy) is 1. The molecule has 28 heavy (non-hydrogen) atoms. The molecule has 1 amide bonds. The van der Waals surface area contributed by atoms with Gasteiger partial charge in [-0.1, -0.05) is 67.4 Å². The Labute approximate surface area is 168 Å². The highest BCUT2D eigenvalue weighted by Gasteiger charge is 2.36. The van der Waals surface area contributed by atoms with Gasteiger partial charge in [0.05, 0.1) is 25.3 Å². The van der Waals surface area contributed by atoms with Crippen LogP contribution < -0.4 is 0 Å². The molecule has 1 heterocycles. The Kier molecular flexibility index (Phi) is 6.08. The third-order valence-corrected chi connectivity index (χ3v) is 6.00. The largest absolute Gasteiger partial charge is 0.374 e. The number of hydrogen-bond acceptors (Lipinski definition) is 3. The van der Waals surface area contributed by atoms with Gasteiger partial charge in [-0.2, -0.15) is 0 Å². The lowest BCUT2D eigenvalue weighted by atomic mass is 9.90. The van der Waals surface area contributed by atoms with Gasteiger partial charge in [-0.15, -0.1) is 0 Å². The van der Waals surface area contributed by atoms with E-state index in [0.29, 0.717) is 13.2 Å². The van der Waals surface area contributed by atoms with Gasteiger partial charge in [-0.25, -0.2) is 0 Å². The van der Waals surface area contributed by atoms with E-state index in [1.165, 1.54) is 29.5 Å². The van der Waals surface area contributed by atoms with Crippen molar-refractivity contribution in [1.82, 2.24) is 9.80 Å². The van der Waals surface area contributed by atoms with Crippen molar-refractivity contribution >= 4 is 5.91 Å². The molecule has 0 spiro atoms. The van der Waals surface area contributed by atoms with Crippen LogP contribution >= 0.6 is 0 Å². The molecule has 4 rings (SSSR count). The lowest BCUT2D eigenvalue weighted by molar-refractivity contribution is -0.150. The van der Waals surface area contributed by atoms with E-state index >= 15 is 0 Å². The van der Waals surface area contributed by atoms with Gasteiger partial charge in [0.2, 0.25) is 5.91 Å². The summed E-state index contributed by atoms with van der Waals surface area (Å²) in [6.45, 7) is 2.61. The number of fused-ring (bicyclic) bond motifs is 1. The number of rotatable bonds is 5. The molecular weight excluding hydrogens is 348 g/mol. The van der Waals surface area contributed by atoms with Crippen LogP contribution in [0, 0.1) is 0 Å². The van der Waals surface area contributed by atoms with E-state index in [4.69, 9.17) is 4.74 Å². The maximum atomic E-state index is 13.0. The Morgan fingerprint density at radius 2 is 1.82 bits per heavy atom. The first-order valence-electron chi connectivity index (χ1n) is 10.5. The molecule has 0 aromatic heterocycles. The van der Waals surface area contributed by atoms with Crippen LogP contribution in [0.1, 0.15) is 31.2 Å². The predicted octanol–water partition coefficient (Wildman–Crippen LogP) is 3.96. The van der Waals surface area contributed by atoms with Gasteiger partial charge in [0, 0.05) is 13.1 Å². The van der Waals surface area contributed by atoms with Crippen molar-refractivity contribution in [2.45, 2.75) is 44.4 Å². The fourth-order valence-corrected chi connectivity index (χ4v) is 4.63. The molecule has 2 aromatic rings. The second kappa shape index (κ2) is 8.89. The minimum Gasteiger partial charge on any atom is -0.374 e. The monoisotopic (exact) mass is 378 g/mol. The molecule has 148 valence electrons. The number of carbonyl (C=O) groups excluding carboxylic acids is 1. The number of likely N-dealkylation sites (N-methyl/N-ethyl adjacent to an activating group) is 1. The Hall–Kier alpha value is -2.17. The summed E-state index contributed by atoms with van der Waals surface area (Å²) in [5.74, 6) is 0.236. The lowest BCUT2D eigenvalue weighted by Crippen LogP contribution is -2.56. The first kappa shape index (κ1) is 19.2. The Morgan fingerprint density at radius 1 is 1.07 bits per heavy atom. The summed E-state index contributed by atoms with van der Waals surface area (Å²) in [7, 11) is 2.04. The van der Waals surface area contributed by atoms with Crippen molar-refractivity contribution in [2.24, 2.45) is 0 Å². The van der Waals surface area contributed by atoms with Crippen molar-refractivity contribution in [2.75, 3.05) is 26.7 Å². The molecule has 2 unspecified atom stereocenters. The summed E-state index contributed by atoms with van der Waals surface area (Å²) < 4.78 is 5.92. The number of amides is 1. The molecule has 1 saturated carbocycles. The quantitative estimate of drug-likeness (QED) is 0.790. The van der Waals surface area contributed by atoms with Crippen molar-refractivity contribution in [1.29, 1.82) is 0 Å². The van der Waals surface area contributed by atoms with Gasteiger partial charge in [0.1, 0.15) is 0 Å². The Morgan fingerprint density at radius 3 is 2.68 bits per heavy atom. The van der Waals surface area contributed by atoms with E-state index in [1.807, 2.05) is 13.1 Å². The fraction of sp³-hybridized carbons (Fsp3) is 0.458. The smallest absolute Gasteiger partial charge is 0.237 e. The molecule has 1 saturated heterocycles. The third-order valence-electron chi connectivity index (χ3n) is 6.00. The Balaban J connectivity index is 1.42. The Bertz CT molecular complexity index is 790. The van der Waals surface area contributed by atoms with Crippen LogP contribution in [0.2, 0.25) is 0 Å². The SMILES string of the molecule is CN(CC(=O)N1CCOC2CCCCC21)Cc1ccccc1-c1ccccc1. The molecule has 2 atom stereocenters. The molecule has 1 aliphatic heterocycles. The second-order valence-corrected chi connectivity index (χ2v) is 8.04. The zero-order valence-corrected chi connectivity index (χ0v) is 16.7. The summed E-state index contributed by atoms with van der Waals surface area (Å²) in [6, 6.07) is 19.2. The minimum atomic E-state index is 0.236. The van der Waals surface area contributed by atoms with Gasteiger partial charge < -0.3 is 9.64 Å². The highest BCUT2D eigenvalue weighted by Crippen LogP contribution is 2.29. The van der Waals surface area contributed by atoms with Crippen molar-refractivity contribution < 1.29 is 9.53 Å². The number of morpholine rings is 1. The van der Waals surface area contributed by atoms with Crippen LogP contribution in [0.5, 0.6) is 0 Å². The van der Waals surface area contributed by atoms with Gasteiger partial charge >= 0.3 is 0 Å². The van der Waals surface area contributed by atoms with Crippen LogP contribution in [-0.4, -0.2) is 54.6 Å². The molecule has 4 nitrogen and oxygen atoms in total. The minimum absolute atomic E-state index is 0.236. The van der Waals surface area contributed by atoms with Crippen molar-refractivity contribution in [3.8, 4) is 11.1 Å². The van der Waals surface area contributed by atoms with Crippen LogP contribution in [-0.2, 0) is 16.1 Å². The van der Waals surface area contributed by atoms with E-state index < -0.39 is 0 Å². The van der Waals surface area contributed by atoms with Crippen molar-refractivity contribution in [3.63, 3.8) is 0 Å². The van der Waals surface area contributed by atoms with Crippen molar-refractivity contribution in [3.05, 3.63) is 60.2 Å². The predicted molar refractivity (Wildman–Crippen MR) is 112 cm³/mol. The van der Waals surface area contributed by atoms with Gasteiger partial charge in [-0.05, 0) is 36.6 Å². The van der Waals surface area contributed by atoms with Crippen LogP contribution in [0.15, 0.2) is 54.6 Å². The van der Waals surface area contributed by atoms with E-state index in [-0.39, 0.29) is 18.1 Å². The van der Waals surface area contributed by atoms with Crippen LogP contribution in [0.4, 0.5) is 0 Å². The molecule has 0 bridgehead atoms. The number of benzene rings is 2. The fourth-order valence-electron chi connectivity index (χ4n) is 4.63. The van der Waals surface area contributed by atoms with Gasteiger partial charge in [0.25, 0.3) is 0 Å². The van der Waals surface area contributed by atoms with Gasteiger partial charge in [-0.3, -0.25) is 9.69 Å². The molecular formula is C24H30N2O2. The maximum absolute atomic E-state index is 13.0. The maximum Gasteiger partial charge on any atom is 0.237 e. The molecule has 2 fully saturated rings. The third kappa shape index (κ3) is 4.29. The zero-order valence-electron chi connectivity index (χ0n) is 16.7. The standard InChI is InChI=1S/C24H30N2O2/c1-25(17-20-11-5-6-12-21(20)19-9-3-2-4-10-19)18-24(27)26-15-16-28-23-14-8-7-13-22(23)26/h2-6,9-12,22-23H,7-8,13-18H2,1H3. The number of nitrogens with zero attached hydrogens (tertiary/aromatic N) is 2. The highest BCUT2D eigenvalue weighted by molar-refractivity contribution is 5.79. The van der Waals surface area contributed by atoms with E-state index in [2.05, 4.69) is 58.3 Å². The number of hydrogen-bond donors (Lipinski definition) is 0. The molecule has 0 N–H and O–H groups in total. The summed E-state index contributed by atoms with van der Waals surface area (Å²) in [5, 5.41) is 0. The zero-order chi connectivity index (χ0) is 19.3. The molecule has 2 aromatic carbocycles. The highest BCUT2D eigenvalue weighted by atomic mass is 16.5. The summed E-state index contributed by atoms with van der Waals surface area (Å²) in [5.41, 5.74) is 3.71. The summed E-state index contributed by atoms with van der Waals surface area (Å²) >= 11 is 0. The van der Waals surface area contributed by atoms with E-state index in [9.17, 15) is 4.79 Å². The molecule has 0 radical (unpaired) electrons. The first-order chi connectivity index (χ1) is 13.7. The molecule has 4 heteroatoms. The molecule has 2 aliphatic rings. The number of carbonyl (C=O) groups is 1. The topological polar surface area (TPSA) is 32.8 Å². The van der Waals surface area contributed by atoms with E-state index in [1.54, 1.807) is 0 Å². The van der Waals surface area contributed by atoms with Crippen LogP contribution in [0.25, 0.3) is 11.1 Å². The first-order valence-corrected chi connectivity index (χ1v) is 10.5. The average Bonchev–Trinajstić information content (AvgIpc) is 2.74.